The molecule has 0 radical (unpaired) electrons. The van der Waals surface area contributed by atoms with Crippen LogP contribution in [0.4, 0.5) is 10.8 Å². The number of carbonyl (C=O) groups excluding carboxylic acids is 3. The van der Waals surface area contributed by atoms with Gasteiger partial charge in [-0.25, -0.2) is 4.98 Å². The first kappa shape index (κ1) is 24.0. The van der Waals surface area contributed by atoms with Gasteiger partial charge >= 0.3 is 0 Å². The predicted molar refractivity (Wildman–Crippen MR) is 133 cm³/mol. The highest BCUT2D eigenvalue weighted by Gasteiger charge is 2.14. The summed E-state index contributed by atoms with van der Waals surface area (Å²) in [6, 6.07) is 11.5. The van der Waals surface area contributed by atoms with Crippen LogP contribution in [-0.4, -0.2) is 34.2 Å². The summed E-state index contributed by atoms with van der Waals surface area (Å²) < 4.78 is 0. The number of nitrogens with zero attached hydrogens (tertiary/aromatic N) is 1. The zero-order valence-electron chi connectivity index (χ0n) is 18.0. The van der Waals surface area contributed by atoms with Gasteiger partial charge in [0.1, 0.15) is 0 Å². The zero-order valence-corrected chi connectivity index (χ0v) is 20.4. The molecule has 0 atom stereocenters. The fraction of sp³-hybridized carbons (Fsp3) is 0.273. The average Bonchev–Trinajstić information content (AvgIpc) is 3.32. The number of carbonyl (C=O) groups is 3. The van der Waals surface area contributed by atoms with Crippen LogP contribution in [0.25, 0.3) is 10.6 Å². The van der Waals surface area contributed by atoms with Crippen LogP contribution in [0, 0.1) is 13.8 Å². The molecule has 32 heavy (non-hydrogen) atoms. The van der Waals surface area contributed by atoms with E-state index in [-0.39, 0.29) is 29.2 Å². The van der Waals surface area contributed by atoms with Crippen molar-refractivity contribution < 1.29 is 14.4 Å². The third-order valence-electron chi connectivity index (χ3n) is 4.22. The number of nitrogens with one attached hydrogen (secondary N) is 3. The van der Waals surface area contributed by atoms with Crippen molar-refractivity contribution in [1.29, 1.82) is 0 Å². The molecule has 3 amide bonds. The van der Waals surface area contributed by atoms with E-state index in [1.54, 1.807) is 11.3 Å². The quantitative estimate of drug-likeness (QED) is 0.414. The first-order valence-corrected chi connectivity index (χ1v) is 12.6. The van der Waals surface area contributed by atoms with Gasteiger partial charge in [-0.15, -0.1) is 34.4 Å². The second kappa shape index (κ2) is 11.3. The maximum atomic E-state index is 12.3. The monoisotopic (exact) mass is 488 g/mol. The number of aromatic nitrogens is 1. The summed E-state index contributed by atoms with van der Waals surface area (Å²) >= 11 is 4.23. The van der Waals surface area contributed by atoms with Crippen LogP contribution in [0.5, 0.6) is 0 Å². The highest BCUT2D eigenvalue weighted by molar-refractivity contribution is 8.00. The van der Waals surface area contributed by atoms with Crippen LogP contribution in [-0.2, 0) is 20.9 Å². The second-order valence-electron chi connectivity index (χ2n) is 7.06. The fourth-order valence-electron chi connectivity index (χ4n) is 2.80. The minimum absolute atomic E-state index is 0.0692. The second-order valence-corrected chi connectivity index (χ2v) is 10.4. The Hall–Kier alpha value is -2.69. The molecule has 0 bridgehead atoms. The number of hydrogen-bond donors (Lipinski definition) is 3. The Kier molecular flexibility index (Phi) is 8.43. The molecular formula is C22H24N4O3S3. The lowest BCUT2D eigenvalue weighted by atomic mass is 10.2. The van der Waals surface area contributed by atoms with Crippen molar-refractivity contribution in [3.8, 4) is 10.6 Å². The molecule has 168 valence electrons. The van der Waals surface area contributed by atoms with Gasteiger partial charge in [0.2, 0.25) is 17.7 Å². The lowest BCUT2D eigenvalue weighted by molar-refractivity contribution is -0.119. The Morgan fingerprint density at radius 1 is 1.00 bits per heavy atom. The molecule has 0 aliphatic heterocycles. The van der Waals surface area contributed by atoms with Crippen LogP contribution in [0.15, 0.2) is 36.4 Å². The highest BCUT2D eigenvalue weighted by atomic mass is 32.2. The Morgan fingerprint density at radius 3 is 2.47 bits per heavy atom. The van der Waals surface area contributed by atoms with E-state index in [0.29, 0.717) is 11.7 Å². The highest BCUT2D eigenvalue weighted by Crippen LogP contribution is 2.34. The van der Waals surface area contributed by atoms with E-state index in [2.05, 4.69) is 20.9 Å². The number of thiazole rings is 1. The standard InChI is InChI=1S/C22H24N4O3S3/c1-13-5-4-6-16(9-13)24-19(28)11-30-12-20(29)25-22-26-21(14(2)31-22)18-8-7-17(32-18)10-23-15(3)27/h4-9H,10-12H2,1-3H3,(H,23,27)(H,24,28)(H,25,26,29). The predicted octanol–water partition coefficient (Wildman–Crippen LogP) is 4.43. The Labute approximate surface area is 199 Å². The topological polar surface area (TPSA) is 100 Å². The van der Waals surface area contributed by atoms with E-state index in [1.165, 1.54) is 30.0 Å². The smallest absolute Gasteiger partial charge is 0.236 e. The van der Waals surface area contributed by atoms with E-state index < -0.39 is 0 Å². The van der Waals surface area contributed by atoms with E-state index in [4.69, 9.17) is 0 Å². The Morgan fingerprint density at radius 2 is 1.75 bits per heavy atom. The van der Waals surface area contributed by atoms with Crippen molar-refractivity contribution >= 4 is 63.0 Å². The summed E-state index contributed by atoms with van der Waals surface area (Å²) in [4.78, 5) is 43.0. The number of hydrogen-bond acceptors (Lipinski definition) is 7. The third kappa shape index (κ3) is 7.18. The van der Waals surface area contributed by atoms with Crippen LogP contribution in [0.3, 0.4) is 0 Å². The summed E-state index contributed by atoms with van der Waals surface area (Å²) in [5.41, 5.74) is 2.65. The van der Waals surface area contributed by atoms with Gasteiger partial charge in [0.15, 0.2) is 5.13 Å². The summed E-state index contributed by atoms with van der Waals surface area (Å²) in [6.45, 7) is 5.90. The van der Waals surface area contributed by atoms with Gasteiger partial charge in [-0.05, 0) is 43.7 Å². The van der Waals surface area contributed by atoms with Gasteiger partial charge < -0.3 is 16.0 Å². The molecule has 0 saturated heterocycles. The molecule has 0 aliphatic rings. The maximum absolute atomic E-state index is 12.3. The molecule has 0 aliphatic carbocycles. The molecule has 3 rings (SSSR count). The van der Waals surface area contributed by atoms with Crippen molar-refractivity contribution in [1.82, 2.24) is 10.3 Å². The first-order chi connectivity index (χ1) is 15.3. The van der Waals surface area contributed by atoms with Gasteiger partial charge in [0.25, 0.3) is 0 Å². The van der Waals surface area contributed by atoms with Gasteiger partial charge in [-0.3, -0.25) is 14.4 Å². The summed E-state index contributed by atoms with van der Waals surface area (Å²) in [6.07, 6.45) is 0. The molecule has 0 fully saturated rings. The lowest BCUT2D eigenvalue weighted by Gasteiger charge is -2.06. The van der Waals surface area contributed by atoms with Crippen LogP contribution in [0.2, 0.25) is 0 Å². The number of thioether (sulfide) groups is 1. The van der Waals surface area contributed by atoms with E-state index in [0.717, 1.165) is 31.6 Å². The van der Waals surface area contributed by atoms with E-state index >= 15 is 0 Å². The molecule has 0 saturated carbocycles. The SMILES string of the molecule is CC(=O)NCc1ccc(-c2nc(NC(=O)CSCC(=O)Nc3cccc(C)c3)sc2C)s1. The number of rotatable bonds is 9. The Bertz CT molecular complexity index is 1120. The first-order valence-electron chi connectivity index (χ1n) is 9.85. The van der Waals surface area contributed by atoms with Crippen molar-refractivity contribution in [3.05, 3.63) is 51.7 Å². The molecule has 2 heterocycles. The molecule has 3 aromatic rings. The van der Waals surface area contributed by atoms with E-state index in [1.807, 2.05) is 50.2 Å². The molecule has 10 heteroatoms. The minimum Gasteiger partial charge on any atom is -0.351 e. The van der Waals surface area contributed by atoms with Gasteiger partial charge in [0.05, 0.1) is 28.6 Å². The lowest BCUT2D eigenvalue weighted by Crippen LogP contribution is -2.18. The van der Waals surface area contributed by atoms with Crippen molar-refractivity contribution in [2.75, 3.05) is 22.1 Å². The molecule has 0 spiro atoms. The number of aryl methyl sites for hydroxylation is 2. The number of benzene rings is 1. The summed E-state index contributed by atoms with van der Waals surface area (Å²) in [7, 11) is 0. The number of amides is 3. The fourth-order valence-corrected chi connectivity index (χ4v) is 5.32. The summed E-state index contributed by atoms with van der Waals surface area (Å²) in [5.74, 6) is -0.0600. The molecular weight excluding hydrogens is 464 g/mol. The maximum Gasteiger partial charge on any atom is 0.236 e. The molecule has 3 N–H and O–H groups in total. The average molecular weight is 489 g/mol. The van der Waals surface area contributed by atoms with Crippen LogP contribution < -0.4 is 16.0 Å². The third-order valence-corrected chi connectivity index (χ3v) is 7.13. The molecule has 0 unspecified atom stereocenters. The van der Waals surface area contributed by atoms with Crippen LogP contribution in [0.1, 0.15) is 22.2 Å². The van der Waals surface area contributed by atoms with Crippen molar-refractivity contribution in [2.45, 2.75) is 27.3 Å². The van der Waals surface area contributed by atoms with Crippen molar-refractivity contribution in [3.63, 3.8) is 0 Å². The molecule has 1 aromatic carbocycles. The number of thiophene rings is 1. The van der Waals surface area contributed by atoms with Crippen molar-refractivity contribution in [2.24, 2.45) is 0 Å². The largest absolute Gasteiger partial charge is 0.351 e. The van der Waals surface area contributed by atoms with Gasteiger partial charge in [0, 0.05) is 22.4 Å². The van der Waals surface area contributed by atoms with Gasteiger partial charge in [-0.2, -0.15) is 0 Å². The zero-order chi connectivity index (χ0) is 23.1. The minimum atomic E-state index is -0.198. The normalized spacial score (nSPS) is 10.6. The Balaban J connectivity index is 1.47. The summed E-state index contributed by atoms with van der Waals surface area (Å²) in [5, 5.41) is 8.96. The molecule has 2 aromatic heterocycles. The van der Waals surface area contributed by atoms with Gasteiger partial charge in [-0.1, -0.05) is 12.1 Å². The molecule has 7 nitrogen and oxygen atoms in total. The van der Waals surface area contributed by atoms with E-state index in [9.17, 15) is 14.4 Å². The van der Waals surface area contributed by atoms with Crippen LogP contribution >= 0.6 is 34.4 Å². The number of anilines is 2.